The molecule has 1 amide bonds. The van der Waals surface area contributed by atoms with Gasteiger partial charge < -0.3 is 24.6 Å². The summed E-state index contributed by atoms with van der Waals surface area (Å²) in [6.07, 6.45) is 5.86. The number of halogens is 1. The van der Waals surface area contributed by atoms with Crippen LogP contribution in [-0.2, 0) is 4.74 Å². The van der Waals surface area contributed by atoms with Crippen molar-refractivity contribution in [3.63, 3.8) is 0 Å². The first-order valence-corrected chi connectivity index (χ1v) is 15.8. The number of hydrogen-bond acceptors (Lipinski definition) is 9. The Morgan fingerprint density at radius 1 is 1.16 bits per heavy atom. The fourth-order valence-electron chi connectivity index (χ4n) is 6.53. The number of hydrogen-bond donors (Lipinski definition) is 1. The van der Waals surface area contributed by atoms with Gasteiger partial charge >= 0.3 is 0 Å². The van der Waals surface area contributed by atoms with Crippen molar-refractivity contribution in [2.24, 2.45) is 11.3 Å². The number of likely N-dealkylation sites (tertiary alicyclic amines) is 1. The third-order valence-corrected chi connectivity index (χ3v) is 8.80. The second-order valence-corrected chi connectivity index (χ2v) is 12.6. The van der Waals surface area contributed by atoms with Crippen LogP contribution in [0.1, 0.15) is 70.7 Å². The van der Waals surface area contributed by atoms with Crippen LogP contribution in [0.4, 0.5) is 10.2 Å². The van der Waals surface area contributed by atoms with E-state index in [0.717, 1.165) is 71.6 Å². The minimum Gasteiger partial charge on any atom is -0.434 e. The number of rotatable bonds is 16. The number of nitrogens with one attached hydrogen (secondary N) is 1. The largest absolute Gasteiger partial charge is 0.434 e. The van der Waals surface area contributed by atoms with Gasteiger partial charge in [-0.1, -0.05) is 13.8 Å². The number of benzene rings is 1. The Kier molecular flexibility index (Phi) is 11.7. The first-order valence-electron chi connectivity index (χ1n) is 15.8. The summed E-state index contributed by atoms with van der Waals surface area (Å²) >= 11 is 0. The lowest BCUT2D eigenvalue weighted by molar-refractivity contribution is -0.0331. The summed E-state index contributed by atoms with van der Waals surface area (Å²) in [5.41, 5.74) is 0.364. The van der Waals surface area contributed by atoms with Gasteiger partial charge in [-0.25, -0.2) is 9.37 Å². The molecule has 2 fully saturated rings. The van der Waals surface area contributed by atoms with E-state index in [-0.39, 0.29) is 34.6 Å². The molecule has 238 valence electrons. The van der Waals surface area contributed by atoms with Crippen LogP contribution in [0, 0.1) is 17.2 Å². The van der Waals surface area contributed by atoms with Crippen LogP contribution >= 0.6 is 0 Å². The Hall–Kier alpha value is -2.89. The van der Waals surface area contributed by atoms with Crippen LogP contribution < -0.4 is 15.0 Å². The van der Waals surface area contributed by atoms with E-state index in [4.69, 9.17) is 9.47 Å². The lowest BCUT2D eigenvalue weighted by Crippen LogP contribution is -2.62. The van der Waals surface area contributed by atoms with Gasteiger partial charge in [0.1, 0.15) is 17.9 Å². The van der Waals surface area contributed by atoms with E-state index >= 15 is 0 Å². The maximum Gasteiger partial charge on any atom is 0.282 e. The van der Waals surface area contributed by atoms with Crippen LogP contribution in [0.25, 0.3) is 0 Å². The van der Waals surface area contributed by atoms with Crippen LogP contribution in [0.5, 0.6) is 11.6 Å². The highest BCUT2D eigenvalue weighted by molar-refractivity contribution is 5.97. The van der Waals surface area contributed by atoms with Crippen molar-refractivity contribution in [1.82, 2.24) is 30.3 Å². The van der Waals surface area contributed by atoms with E-state index in [1.165, 1.54) is 24.5 Å². The third-order valence-electron chi connectivity index (χ3n) is 8.80. The van der Waals surface area contributed by atoms with Gasteiger partial charge in [-0.3, -0.25) is 9.69 Å². The molecule has 0 bridgehead atoms. The molecule has 3 heterocycles. The topological polar surface area (TPSA) is 96.0 Å². The number of carbonyl (C=O) groups is 1. The standard InChI is InChI=1S/C32H50FN7O3/c1-7-40(24(4)5)31(41)26-18-25(33)10-11-28(26)43-30-29(35-22-36-37-30)38-16-13-32(19-38)20-39(21-32)27(23(2)3)12-15-34-14-8-9-17-42-6/h10-11,18,22-24,27,34H,7-9,12-17,19-21H2,1-6H3. The highest BCUT2D eigenvalue weighted by Crippen LogP contribution is 2.44. The molecule has 10 nitrogen and oxygen atoms in total. The van der Waals surface area contributed by atoms with Gasteiger partial charge in [-0.2, -0.15) is 0 Å². The number of methoxy groups -OCH3 is 1. The van der Waals surface area contributed by atoms with Crippen molar-refractivity contribution in [2.45, 2.75) is 72.4 Å². The van der Waals surface area contributed by atoms with Crippen LogP contribution in [0.15, 0.2) is 24.5 Å². The first kappa shape index (κ1) is 33.0. The average molecular weight is 600 g/mol. The maximum absolute atomic E-state index is 14.3. The average Bonchev–Trinajstić information content (AvgIpc) is 3.41. The summed E-state index contributed by atoms with van der Waals surface area (Å²) in [5.74, 6) is 0.860. The lowest BCUT2D eigenvalue weighted by atomic mass is 9.76. The number of aromatic nitrogens is 3. The number of ether oxygens (including phenoxy) is 2. The van der Waals surface area contributed by atoms with E-state index in [9.17, 15) is 9.18 Å². The summed E-state index contributed by atoms with van der Waals surface area (Å²) in [4.78, 5) is 24.4. The lowest BCUT2D eigenvalue weighted by Gasteiger charge is -2.53. The van der Waals surface area contributed by atoms with E-state index in [2.05, 4.69) is 44.1 Å². The normalized spacial score (nSPS) is 17.1. The molecule has 1 unspecified atom stereocenters. The molecule has 43 heavy (non-hydrogen) atoms. The molecule has 0 saturated carbocycles. The van der Waals surface area contributed by atoms with Crippen molar-refractivity contribution < 1.29 is 18.7 Å². The number of amides is 1. The predicted octanol–water partition coefficient (Wildman–Crippen LogP) is 4.62. The van der Waals surface area contributed by atoms with Crippen molar-refractivity contribution >= 4 is 11.7 Å². The zero-order valence-corrected chi connectivity index (χ0v) is 26.8. The summed E-state index contributed by atoms with van der Waals surface area (Å²) in [5, 5.41) is 11.8. The smallest absolute Gasteiger partial charge is 0.282 e. The Bertz CT molecular complexity index is 1190. The molecule has 1 spiro atoms. The third kappa shape index (κ3) is 8.19. The maximum atomic E-state index is 14.3. The fraction of sp³-hybridized carbons (Fsp3) is 0.688. The first-order chi connectivity index (χ1) is 20.7. The van der Waals surface area contributed by atoms with Gasteiger partial charge in [0.2, 0.25) is 0 Å². The van der Waals surface area contributed by atoms with E-state index in [1.807, 2.05) is 20.8 Å². The van der Waals surface area contributed by atoms with Crippen molar-refractivity contribution in [3.8, 4) is 11.6 Å². The molecular weight excluding hydrogens is 549 g/mol. The van der Waals surface area contributed by atoms with Crippen LogP contribution in [-0.4, -0.2) is 103 Å². The monoisotopic (exact) mass is 599 g/mol. The zero-order chi connectivity index (χ0) is 31.0. The molecule has 1 aromatic heterocycles. The Morgan fingerprint density at radius 2 is 1.95 bits per heavy atom. The summed E-state index contributed by atoms with van der Waals surface area (Å²) < 4.78 is 25.6. The minimum absolute atomic E-state index is 0.0390. The van der Waals surface area contributed by atoms with E-state index in [0.29, 0.717) is 24.3 Å². The molecule has 0 aliphatic carbocycles. The van der Waals surface area contributed by atoms with E-state index < -0.39 is 5.82 Å². The van der Waals surface area contributed by atoms with Gasteiger partial charge in [0, 0.05) is 63.9 Å². The van der Waals surface area contributed by atoms with Crippen molar-refractivity contribution in [2.75, 3.05) is 64.4 Å². The van der Waals surface area contributed by atoms with Gasteiger partial charge in [0.05, 0.1) is 5.56 Å². The number of carbonyl (C=O) groups excluding carboxylic acids is 1. The molecular formula is C32H50FN7O3. The molecule has 0 radical (unpaired) electrons. The molecule has 2 saturated heterocycles. The molecule has 2 aromatic rings. The fourth-order valence-corrected chi connectivity index (χ4v) is 6.53. The predicted molar refractivity (Wildman–Crippen MR) is 166 cm³/mol. The van der Waals surface area contributed by atoms with Crippen LogP contribution in [0.2, 0.25) is 0 Å². The number of anilines is 1. The Balaban J connectivity index is 1.39. The molecule has 1 N–H and O–H groups in total. The second-order valence-electron chi connectivity index (χ2n) is 12.6. The van der Waals surface area contributed by atoms with Gasteiger partial charge in [-0.15, -0.1) is 10.2 Å². The molecule has 2 aliphatic rings. The van der Waals surface area contributed by atoms with Gasteiger partial charge in [-0.05, 0) is 83.7 Å². The van der Waals surface area contributed by atoms with Gasteiger partial charge in [0.15, 0.2) is 5.82 Å². The van der Waals surface area contributed by atoms with Crippen molar-refractivity contribution in [3.05, 3.63) is 35.9 Å². The SMILES string of the molecule is CCN(C(=O)c1cc(F)ccc1Oc1nncnc1N1CCC2(C1)CN(C(CCNCCCCOC)C(C)C)C2)C(C)C. The van der Waals surface area contributed by atoms with E-state index in [1.54, 1.807) is 12.0 Å². The highest BCUT2D eigenvalue weighted by atomic mass is 19.1. The zero-order valence-electron chi connectivity index (χ0n) is 26.8. The van der Waals surface area contributed by atoms with Gasteiger partial charge in [0.25, 0.3) is 11.8 Å². The highest BCUT2D eigenvalue weighted by Gasteiger charge is 2.50. The number of nitrogens with zero attached hydrogens (tertiary/aromatic N) is 6. The molecule has 2 aliphatic heterocycles. The Labute approximate surface area is 256 Å². The molecule has 4 rings (SSSR count). The summed E-state index contributed by atoms with van der Waals surface area (Å²) in [7, 11) is 1.75. The minimum atomic E-state index is -0.499. The summed E-state index contributed by atoms with van der Waals surface area (Å²) in [6.45, 7) is 17.6. The Morgan fingerprint density at radius 3 is 2.65 bits per heavy atom. The second kappa shape index (κ2) is 15.2. The number of unbranched alkanes of at least 4 members (excludes halogenated alkanes) is 1. The quantitative estimate of drug-likeness (QED) is 0.278. The molecule has 1 atom stereocenters. The van der Waals surface area contributed by atoms with Crippen LogP contribution in [0.3, 0.4) is 0 Å². The molecule has 11 heteroatoms. The molecule has 1 aromatic carbocycles. The summed E-state index contributed by atoms with van der Waals surface area (Å²) in [6, 6.07) is 4.50. The van der Waals surface area contributed by atoms with Crippen molar-refractivity contribution in [1.29, 1.82) is 0 Å².